The number of ether oxygens (including phenoxy) is 2. The number of hydrogen-bond donors (Lipinski definition) is 1. The molecule has 0 spiro atoms. The summed E-state index contributed by atoms with van der Waals surface area (Å²) in [5, 5.41) is 19.2. The number of hydrogen-bond acceptors (Lipinski definition) is 9. The number of carbonyl (C=O) groups is 1. The van der Waals surface area contributed by atoms with Crippen molar-refractivity contribution in [1.82, 2.24) is 14.9 Å². The van der Waals surface area contributed by atoms with Crippen molar-refractivity contribution >= 4 is 29.0 Å². The smallest absolute Gasteiger partial charge is 0.196 e. The van der Waals surface area contributed by atoms with Crippen molar-refractivity contribution < 1.29 is 23.8 Å². The third-order valence-electron chi connectivity index (χ3n) is 7.97. The van der Waals surface area contributed by atoms with Crippen LogP contribution in [0.3, 0.4) is 0 Å². The Bertz CT molecular complexity index is 1900. The lowest BCUT2D eigenvalue weighted by molar-refractivity contribution is 0.111. The highest BCUT2D eigenvalue weighted by molar-refractivity contribution is 6.32. The van der Waals surface area contributed by atoms with E-state index in [2.05, 4.69) is 22.0 Å². The summed E-state index contributed by atoms with van der Waals surface area (Å²) in [6.45, 7) is 4.81. The predicted octanol–water partition coefficient (Wildman–Crippen LogP) is 6.30. The molecule has 0 aliphatic carbocycles. The fraction of sp³-hybridized carbons (Fsp3) is 0.257. The number of oxazole rings is 1. The summed E-state index contributed by atoms with van der Waals surface area (Å²) in [5.74, 6) is 1.39. The molecule has 9 nitrogen and oxygen atoms in total. The molecule has 0 amide bonds. The van der Waals surface area contributed by atoms with Crippen molar-refractivity contribution in [2.45, 2.75) is 39.1 Å². The van der Waals surface area contributed by atoms with Gasteiger partial charge in [-0.1, -0.05) is 35.9 Å². The quantitative estimate of drug-likeness (QED) is 0.169. The second kappa shape index (κ2) is 13.5. The number of fused-ring (bicyclic) bond motifs is 1. The maximum absolute atomic E-state index is 11.7. The summed E-state index contributed by atoms with van der Waals surface area (Å²) >= 11 is 6.48. The summed E-state index contributed by atoms with van der Waals surface area (Å²) in [6.07, 6.45) is 5.02. The van der Waals surface area contributed by atoms with E-state index >= 15 is 0 Å². The standard InChI is InChI=1S/C35H31ClN4O5/c1-22-26(21-44-34-14-33(27(19-41)12-30(34)36)43-20-24-11-23(15-37)16-38-17-24)3-2-4-29(22)25-5-6-32-31(13-25)39-35(45-32)8-10-40-9-7-28(42)18-40/h2-6,11-14,16-17,19,28,42H,7-10,18,20-21H2,1H3/t28-/m1/s1. The van der Waals surface area contributed by atoms with Crippen LogP contribution in [0.5, 0.6) is 11.5 Å². The third kappa shape index (κ3) is 6.99. The lowest BCUT2D eigenvalue weighted by Crippen LogP contribution is -2.24. The molecule has 1 fully saturated rings. The minimum absolute atomic E-state index is 0.117. The summed E-state index contributed by atoms with van der Waals surface area (Å²) in [4.78, 5) is 22.7. The number of carbonyl (C=O) groups excluding carboxylic acids is 1. The van der Waals surface area contributed by atoms with Gasteiger partial charge in [0.1, 0.15) is 36.3 Å². The maximum Gasteiger partial charge on any atom is 0.196 e. The molecule has 0 radical (unpaired) electrons. The van der Waals surface area contributed by atoms with E-state index in [1.807, 2.05) is 37.3 Å². The van der Waals surface area contributed by atoms with Crippen LogP contribution in [-0.4, -0.2) is 52.0 Å². The Morgan fingerprint density at radius 1 is 1.13 bits per heavy atom. The Labute approximate surface area is 265 Å². The Kier molecular flexibility index (Phi) is 9.08. The van der Waals surface area contributed by atoms with Gasteiger partial charge in [0.05, 0.1) is 22.3 Å². The van der Waals surface area contributed by atoms with E-state index in [1.54, 1.807) is 18.3 Å². The molecule has 0 saturated carbocycles. The predicted molar refractivity (Wildman–Crippen MR) is 169 cm³/mol. The number of aliphatic hydroxyl groups is 1. The van der Waals surface area contributed by atoms with Crippen LogP contribution in [0.25, 0.3) is 22.2 Å². The average Bonchev–Trinajstić information content (AvgIpc) is 3.67. The van der Waals surface area contributed by atoms with E-state index in [-0.39, 0.29) is 24.9 Å². The van der Waals surface area contributed by atoms with Gasteiger partial charge >= 0.3 is 0 Å². The molecule has 228 valence electrons. The molecule has 2 aromatic heterocycles. The van der Waals surface area contributed by atoms with Crippen LogP contribution < -0.4 is 9.47 Å². The highest BCUT2D eigenvalue weighted by Crippen LogP contribution is 2.34. The van der Waals surface area contributed by atoms with Crippen LogP contribution >= 0.6 is 11.6 Å². The minimum Gasteiger partial charge on any atom is -0.488 e. The van der Waals surface area contributed by atoms with Gasteiger partial charge in [-0.2, -0.15) is 5.26 Å². The molecule has 1 aliphatic heterocycles. The fourth-order valence-electron chi connectivity index (χ4n) is 5.49. The van der Waals surface area contributed by atoms with E-state index in [9.17, 15) is 9.90 Å². The number of aliphatic hydroxyl groups excluding tert-OH is 1. The van der Waals surface area contributed by atoms with Crippen LogP contribution in [0.4, 0.5) is 0 Å². The number of likely N-dealkylation sites (tertiary alicyclic amines) is 1. The van der Waals surface area contributed by atoms with E-state index in [0.29, 0.717) is 52.8 Å². The molecule has 5 aromatic rings. The number of benzene rings is 3. The highest BCUT2D eigenvalue weighted by Gasteiger charge is 2.20. The molecule has 3 aromatic carbocycles. The van der Waals surface area contributed by atoms with Crippen LogP contribution in [0, 0.1) is 18.3 Å². The van der Waals surface area contributed by atoms with Gasteiger partial charge in [0.2, 0.25) is 0 Å². The molecule has 0 bridgehead atoms. The second-order valence-corrected chi connectivity index (χ2v) is 11.5. The zero-order valence-corrected chi connectivity index (χ0v) is 25.5. The van der Waals surface area contributed by atoms with Crippen molar-refractivity contribution in [3.8, 4) is 28.7 Å². The molecule has 3 heterocycles. The van der Waals surface area contributed by atoms with Gasteiger partial charge in [-0.25, -0.2) is 4.98 Å². The zero-order valence-electron chi connectivity index (χ0n) is 24.7. The fourth-order valence-corrected chi connectivity index (χ4v) is 5.72. The third-order valence-corrected chi connectivity index (χ3v) is 8.27. The first-order valence-electron chi connectivity index (χ1n) is 14.7. The maximum atomic E-state index is 11.7. The first kappa shape index (κ1) is 30.3. The highest BCUT2D eigenvalue weighted by atomic mass is 35.5. The molecule has 1 N–H and O–H groups in total. The Hall–Kier alpha value is -4.75. The summed E-state index contributed by atoms with van der Waals surface area (Å²) in [7, 11) is 0. The lowest BCUT2D eigenvalue weighted by atomic mass is 9.96. The van der Waals surface area contributed by atoms with Gasteiger partial charge in [-0.3, -0.25) is 9.78 Å². The molecule has 45 heavy (non-hydrogen) atoms. The topological polar surface area (TPSA) is 122 Å². The molecule has 1 aliphatic rings. The number of rotatable bonds is 11. The van der Waals surface area contributed by atoms with Crippen molar-refractivity contribution in [2.24, 2.45) is 0 Å². The molecular weight excluding hydrogens is 592 g/mol. The van der Waals surface area contributed by atoms with E-state index in [1.165, 1.54) is 12.3 Å². The summed E-state index contributed by atoms with van der Waals surface area (Å²) < 4.78 is 18.0. The van der Waals surface area contributed by atoms with Crippen LogP contribution in [0.15, 0.2) is 71.4 Å². The summed E-state index contributed by atoms with van der Waals surface area (Å²) in [6, 6.07) is 18.9. The lowest BCUT2D eigenvalue weighted by Gasteiger charge is -2.15. The molecule has 10 heteroatoms. The number of halogens is 1. The van der Waals surface area contributed by atoms with Crippen molar-refractivity contribution in [2.75, 3.05) is 19.6 Å². The van der Waals surface area contributed by atoms with Crippen LogP contribution in [0.1, 0.15) is 44.9 Å². The van der Waals surface area contributed by atoms with Gasteiger partial charge < -0.3 is 23.9 Å². The van der Waals surface area contributed by atoms with Crippen LogP contribution in [-0.2, 0) is 19.6 Å². The Balaban J connectivity index is 1.16. The number of pyridine rings is 1. The van der Waals surface area contributed by atoms with Gasteiger partial charge in [0, 0.05) is 50.1 Å². The number of aromatic nitrogens is 2. The molecule has 1 saturated heterocycles. The van der Waals surface area contributed by atoms with E-state index in [4.69, 9.17) is 35.7 Å². The van der Waals surface area contributed by atoms with E-state index < -0.39 is 0 Å². The first-order valence-corrected chi connectivity index (χ1v) is 15.0. The number of β-amino-alcohol motifs (C(OH)–C–C–N with tert-alkyl or cyclic N) is 1. The molecule has 6 rings (SSSR count). The molecule has 1 atom stereocenters. The van der Waals surface area contributed by atoms with Gasteiger partial charge in [0.25, 0.3) is 0 Å². The zero-order chi connectivity index (χ0) is 31.3. The monoisotopic (exact) mass is 622 g/mol. The molecular formula is C35H31ClN4O5. The largest absolute Gasteiger partial charge is 0.488 e. The number of aldehydes is 1. The van der Waals surface area contributed by atoms with Crippen LogP contribution in [0.2, 0.25) is 5.02 Å². The normalized spacial score (nSPS) is 14.8. The first-order chi connectivity index (χ1) is 21.9. The SMILES string of the molecule is Cc1c(COc2cc(OCc3cncc(C#N)c3)c(C=O)cc2Cl)cccc1-c1ccc2oc(CCN3CC[C@@H](O)C3)nc2c1. The average molecular weight is 623 g/mol. The number of nitrogens with zero attached hydrogens (tertiary/aromatic N) is 4. The van der Waals surface area contributed by atoms with Gasteiger partial charge in [-0.05, 0) is 59.9 Å². The second-order valence-electron chi connectivity index (χ2n) is 11.1. The summed E-state index contributed by atoms with van der Waals surface area (Å²) in [5.41, 5.74) is 7.04. The minimum atomic E-state index is -0.240. The Morgan fingerprint density at radius 2 is 2.00 bits per heavy atom. The Morgan fingerprint density at radius 3 is 2.80 bits per heavy atom. The van der Waals surface area contributed by atoms with Crippen molar-refractivity contribution in [3.63, 3.8) is 0 Å². The molecule has 0 unspecified atom stereocenters. The van der Waals surface area contributed by atoms with Crippen molar-refractivity contribution in [3.05, 3.63) is 106 Å². The van der Waals surface area contributed by atoms with Gasteiger partial charge in [0.15, 0.2) is 17.8 Å². The van der Waals surface area contributed by atoms with E-state index in [0.717, 1.165) is 52.9 Å². The number of nitriles is 1. The van der Waals surface area contributed by atoms with Gasteiger partial charge in [-0.15, -0.1) is 0 Å². The van der Waals surface area contributed by atoms with Crippen molar-refractivity contribution in [1.29, 1.82) is 5.26 Å².